The summed E-state index contributed by atoms with van der Waals surface area (Å²) in [6.45, 7) is -0.948. The van der Waals surface area contributed by atoms with Gasteiger partial charge < -0.3 is 10.0 Å². The molecule has 0 amide bonds. The van der Waals surface area contributed by atoms with Crippen LogP contribution >= 0.6 is 0 Å². The fourth-order valence-electron chi connectivity index (χ4n) is 2.18. The van der Waals surface area contributed by atoms with E-state index >= 15 is 0 Å². The second-order valence-electron chi connectivity index (χ2n) is 4.50. The van der Waals surface area contributed by atoms with Crippen molar-refractivity contribution in [2.24, 2.45) is 0 Å². The Balaban J connectivity index is 2.34. The Morgan fingerprint density at radius 2 is 2.05 bits per heavy atom. The topological polar surface area (TPSA) is 40.5 Å². The van der Waals surface area contributed by atoms with E-state index < -0.39 is 30.6 Å². The van der Waals surface area contributed by atoms with Crippen molar-refractivity contribution >= 4 is 12.0 Å². The Labute approximate surface area is 106 Å². The van der Waals surface area contributed by atoms with Crippen LogP contribution in [0, 0.1) is 5.82 Å². The van der Waals surface area contributed by atoms with E-state index in [9.17, 15) is 27.5 Å². The minimum Gasteiger partial charge on any atom is -0.379 e. The van der Waals surface area contributed by atoms with Crippen LogP contribution in [0.1, 0.15) is 16.8 Å². The molecule has 1 aliphatic rings. The molecular weight excluding hydrogens is 266 g/mol. The van der Waals surface area contributed by atoms with Crippen LogP contribution in [0.4, 0.5) is 23.2 Å². The van der Waals surface area contributed by atoms with Gasteiger partial charge in [-0.15, -0.1) is 0 Å². The van der Waals surface area contributed by atoms with Gasteiger partial charge in [-0.05, 0) is 12.1 Å². The summed E-state index contributed by atoms with van der Waals surface area (Å²) in [6.07, 6.45) is -4.96. The zero-order valence-corrected chi connectivity index (χ0v) is 9.75. The number of hydrogen-bond acceptors (Lipinski definition) is 3. The molecular formula is C12H11F4NO2. The normalized spacial score (nSPS) is 23.7. The average molecular weight is 277 g/mol. The molecule has 1 fully saturated rings. The summed E-state index contributed by atoms with van der Waals surface area (Å²) in [5.74, 6) is -0.781. The first-order valence-electron chi connectivity index (χ1n) is 5.56. The third kappa shape index (κ3) is 2.30. The first-order chi connectivity index (χ1) is 8.78. The first-order valence-corrected chi connectivity index (χ1v) is 5.56. The number of β-amino-alcohol motifs (C(OH)–C–C–N with tert-alkyl or cyclic N) is 1. The largest absolute Gasteiger partial charge is 0.418 e. The maximum Gasteiger partial charge on any atom is 0.418 e. The SMILES string of the molecule is O=Cc1cccc(F)c1N1CCC(O)(C(F)(F)F)C1. The molecule has 104 valence electrons. The van der Waals surface area contributed by atoms with Gasteiger partial charge in [0, 0.05) is 18.5 Å². The van der Waals surface area contributed by atoms with Crippen molar-refractivity contribution in [3.63, 3.8) is 0 Å². The molecule has 7 heteroatoms. The van der Waals surface area contributed by atoms with Crippen LogP contribution in [0.2, 0.25) is 0 Å². The lowest BCUT2D eigenvalue weighted by atomic mass is 10.0. The highest BCUT2D eigenvalue weighted by atomic mass is 19.4. The molecule has 0 spiro atoms. The van der Waals surface area contributed by atoms with Gasteiger partial charge in [0.1, 0.15) is 5.82 Å². The van der Waals surface area contributed by atoms with E-state index in [4.69, 9.17) is 0 Å². The second kappa shape index (κ2) is 4.48. The number of para-hydroxylation sites is 1. The zero-order valence-electron chi connectivity index (χ0n) is 9.75. The fourth-order valence-corrected chi connectivity index (χ4v) is 2.18. The van der Waals surface area contributed by atoms with Gasteiger partial charge in [0.2, 0.25) is 0 Å². The predicted octanol–water partition coefficient (Wildman–Crippen LogP) is 2.14. The molecule has 0 bridgehead atoms. The number of nitrogens with zero attached hydrogens (tertiary/aromatic N) is 1. The number of aldehydes is 1. The van der Waals surface area contributed by atoms with Gasteiger partial charge in [-0.25, -0.2) is 4.39 Å². The van der Waals surface area contributed by atoms with Crippen molar-refractivity contribution < 1.29 is 27.5 Å². The van der Waals surface area contributed by atoms with E-state index in [2.05, 4.69) is 0 Å². The first kappa shape index (κ1) is 13.8. The molecule has 1 aromatic carbocycles. The van der Waals surface area contributed by atoms with E-state index in [1.54, 1.807) is 0 Å². The van der Waals surface area contributed by atoms with Crippen molar-refractivity contribution in [1.82, 2.24) is 0 Å². The molecule has 0 radical (unpaired) electrons. The van der Waals surface area contributed by atoms with Gasteiger partial charge in [0.15, 0.2) is 11.9 Å². The summed E-state index contributed by atoms with van der Waals surface area (Å²) < 4.78 is 51.7. The average Bonchev–Trinajstić information content (AvgIpc) is 2.72. The summed E-state index contributed by atoms with van der Waals surface area (Å²) in [5, 5.41) is 9.54. The van der Waals surface area contributed by atoms with E-state index in [0.717, 1.165) is 11.0 Å². The van der Waals surface area contributed by atoms with E-state index in [0.29, 0.717) is 6.29 Å². The van der Waals surface area contributed by atoms with Crippen LogP contribution in [-0.2, 0) is 0 Å². The van der Waals surface area contributed by atoms with Crippen LogP contribution in [0.25, 0.3) is 0 Å². The standard InChI is InChI=1S/C12H11F4NO2/c13-9-3-1-2-8(6-18)10(9)17-5-4-11(19,7-17)12(14,15)16/h1-3,6,19H,4-5,7H2. The molecule has 1 aromatic rings. The van der Waals surface area contributed by atoms with Crippen LogP contribution < -0.4 is 4.90 Å². The molecule has 0 aliphatic carbocycles. The molecule has 1 unspecified atom stereocenters. The van der Waals surface area contributed by atoms with E-state index in [-0.39, 0.29) is 17.8 Å². The Morgan fingerprint density at radius 3 is 2.58 bits per heavy atom. The molecule has 1 aliphatic heterocycles. The highest BCUT2D eigenvalue weighted by molar-refractivity contribution is 5.85. The Kier molecular flexibility index (Phi) is 3.25. The molecule has 0 aromatic heterocycles. The summed E-state index contributed by atoms with van der Waals surface area (Å²) in [6, 6.07) is 3.68. The van der Waals surface area contributed by atoms with Crippen molar-refractivity contribution in [2.75, 3.05) is 18.0 Å². The number of halogens is 4. The second-order valence-corrected chi connectivity index (χ2v) is 4.50. The summed E-state index contributed by atoms with van der Waals surface area (Å²) in [5.41, 5.74) is -3.10. The number of carbonyl (C=O) groups excluding carboxylic acids is 1. The van der Waals surface area contributed by atoms with Crippen LogP contribution in [0.5, 0.6) is 0 Å². The Hall–Kier alpha value is -1.63. The zero-order chi connectivity index (χ0) is 14.3. The lowest BCUT2D eigenvalue weighted by molar-refractivity contribution is -0.250. The van der Waals surface area contributed by atoms with E-state index in [1.165, 1.54) is 12.1 Å². The third-order valence-corrected chi connectivity index (χ3v) is 3.24. The summed E-state index contributed by atoms with van der Waals surface area (Å²) >= 11 is 0. The highest BCUT2D eigenvalue weighted by Gasteiger charge is 2.57. The van der Waals surface area contributed by atoms with Crippen molar-refractivity contribution in [1.29, 1.82) is 0 Å². The minimum absolute atomic E-state index is 0.0357. The quantitative estimate of drug-likeness (QED) is 0.665. The lowest BCUT2D eigenvalue weighted by Gasteiger charge is -2.27. The van der Waals surface area contributed by atoms with Gasteiger partial charge in [-0.1, -0.05) is 6.07 Å². The van der Waals surface area contributed by atoms with Crippen molar-refractivity contribution in [3.05, 3.63) is 29.6 Å². The van der Waals surface area contributed by atoms with Crippen LogP contribution in [0.3, 0.4) is 0 Å². The lowest BCUT2D eigenvalue weighted by Crippen LogP contribution is -2.47. The van der Waals surface area contributed by atoms with Gasteiger partial charge in [0.25, 0.3) is 0 Å². The number of hydrogen-bond donors (Lipinski definition) is 1. The molecule has 3 nitrogen and oxygen atoms in total. The van der Waals surface area contributed by atoms with Crippen molar-refractivity contribution in [2.45, 2.75) is 18.2 Å². The maximum absolute atomic E-state index is 13.7. The van der Waals surface area contributed by atoms with Gasteiger partial charge in [-0.3, -0.25) is 4.79 Å². The number of anilines is 1. The fraction of sp³-hybridized carbons (Fsp3) is 0.417. The minimum atomic E-state index is -4.78. The number of benzene rings is 1. The van der Waals surface area contributed by atoms with Gasteiger partial charge in [-0.2, -0.15) is 13.2 Å². The monoisotopic (exact) mass is 277 g/mol. The molecule has 1 saturated heterocycles. The number of aliphatic hydroxyl groups is 1. The molecule has 2 rings (SSSR count). The predicted molar refractivity (Wildman–Crippen MR) is 59.6 cm³/mol. The van der Waals surface area contributed by atoms with Crippen LogP contribution in [0.15, 0.2) is 18.2 Å². The highest BCUT2D eigenvalue weighted by Crippen LogP contribution is 2.40. The van der Waals surface area contributed by atoms with E-state index in [1.807, 2.05) is 0 Å². The van der Waals surface area contributed by atoms with Crippen molar-refractivity contribution in [3.8, 4) is 0 Å². The Morgan fingerprint density at radius 1 is 1.37 bits per heavy atom. The number of carbonyl (C=O) groups is 1. The number of alkyl halides is 3. The third-order valence-electron chi connectivity index (χ3n) is 3.24. The number of rotatable bonds is 2. The summed E-state index contributed by atoms with van der Waals surface area (Å²) in [7, 11) is 0. The summed E-state index contributed by atoms with van der Waals surface area (Å²) in [4.78, 5) is 11.9. The smallest absolute Gasteiger partial charge is 0.379 e. The molecule has 1 heterocycles. The van der Waals surface area contributed by atoms with Gasteiger partial charge in [0.05, 0.1) is 12.2 Å². The molecule has 1 atom stereocenters. The molecule has 0 saturated carbocycles. The maximum atomic E-state index is 13.7. The molecule has 19 heavy (non-hydrogen) atoms. The Bertz CT molecular complexity index is 503. The molecule has 1 N–H and O–H groups in total. The van der Waals surface area contributed by atoms with Crippen LogP contribution in [-0.4, -0.2) is 36.3 Å². The van der Waals surface area contributed by atoms with Gasteiger partial charge >= 0.3 is 6.18 Å².